The molecule has 1 aromatic heterocycles. The number of aliphatic hydroxyl groups excluding tert-OH is 1. The van der Waals surface area contributed by atoms with E-state index in [0.29, 0.717) is 11.3 Å². The number of aliphatic hydroxyl groups is 1. The first-order valence-corrected chi connectivity index (χ1v) is 4.40. The van der Waals surface area contributed by atoms with Crippen LogP contribution in [-0.4, -0.2) is 5.11 Å². The highest BCUT2D eigenvalue weighted by Crippen LogP contribution is 2.29. The molecule has 2 heteroatoms. The molecule has 2 rings (SSSR count). The minimum Gasteiger partial charge on any atom is -0.447 e. The van der Waals surface area contributed by atoms with Crippen molar-refractivity contribution in [1.82, 2.24) is 0 Å². The minimum absolute atomic E-state index is 0.418. The van der Waals surface area contributed by atoms with Gasteiger partial charge in [0.1, 0.15) is 5.58 Å². The predicted molar refractivity (Wildman–Crippen MR) is 54.8 cm³/mol. The van der Waals surface area contributed by atoms with Crippen molar-refractivity contribution in [3.05, 3.63) is 35.6 Å². The van der Waals surface area contributed by atoms with Crippen molar-refractivity contribution < 1.29 is 9.52 Å². The van der Waals surface area contributed by atoms with E-state index >= 15 is 0 Å². The van der Waals surface area contributed by atoms with Crippen LogP contribution in [0.4, 0.5) is 0 Å². The molecule has 0 saturated carbocycles. The molecular weight excluding hydrogens is 176 g/mol. The van der Waals surface area contributed by atoms with Gasteiger partial charge >= 0.3 is 0 Å². The molecule has 0 fully saturated rings. The van der Waals surface area contributed by atoms with Crippen LogP contribution in [-0.2, 0) is 0 Å². The highest BCUT2D eigenvalue weighted by molar-refractivity contribution is 5.83. The Hall–Kier alpha value is -1.72. The third-order valence-corrected chi connectivity index (χ3v) is 2.18. The summed E-state index contributed by atoms with van der Waals surface area (Å²) in [4.78, 5) is 0. The van der Waals surface area contributed by atoms with Gasteiger partial charge in [0, 0.05) is 10.9 Å². The van der Waals surface area contributed by atoms with Gasteiger partial charge in [-0.3, -0.25) is 0 Å². The smallest absolute Gasteiger partial charge is 0.183 e. The van der Waals surface area contributed by atoms with Crippen molar-refractivity contribution in [1.29, 1.82) is 0 Å². The maximum atomic E-state index is 9.57. The monoisotopic (exact) mass is 186 g/mol. The van der Waals surface area contributed by atoms with Gasteiger partial charge in [-0.1, -0.05) is 18.2 Å². The van der Waals surface area contributed by atoms with Crippen LogP contribution in [0.1, 0.15) is 24.4 Å². The van der Waals surface area contributed by atoms with Crippen molar-refractivity contribution in [2.24, 2.45) is 0 Å². The quantitative estimate of drug-likeness (QED) is 0.694. The van der Waals surface area contributed by atoms with E-state index in [1.54, 1.807) is 6.92 Å². The Labute approximate surface area is 82.2 Å². The zero-order valence-corrected chi connectivity index (χ0v) is 7.82. The summed E-state index contributed by atoms with van der Waals surface area (Å²) in [6, 6.07) is 7.49. The average molecular weight is 186 g/mol. The lowest BCUT2D eigenvalue weighted by Crippen LogP contribution is -1.91. The largest absolute Gasteiger partial charge is 0.447 e. The molecule has 2 aromatic rings. The molecule has 1 atom stereocenters. The van der Waals surface area contributed by atoms with E-state index in [1.165, 1.54) is 0 Å². The first kappa shape index (κ1) is 8.86. The second-order valence-corrected chi connectivity index (χ2v) is 3.16. The second-order valence-electron chi connectivity index (χ2n) is 3.16. The van der Waals surface area contributed by atoms with E-state index in [2.05, 4.69) is 5.92 Å². The van der Waals surface area contributed by atoms with Crippen LogP contribution in [0.2, 0.25) is 0 Å². The Bertz CT molecular complexity index is 501. The zero-order valence-electron chi connectivity index (χ0n) is 7.82. The lowest BCUT2D eigenvalue weighted by molar-refractivity contribution is 0.199. The van der Waals surface area contributed by atoms with E-state index in [4.69, 9.17) is 10.8 Å². The molecule has 1 aromatic carbocycles. The number of para-hydroxylation sites is 1. The highest BCUT2D eigenvalue weighted by atomic mass is 16.3. The number of terminal acetylenes is 1. The van der Waals surface area contributed by atoms with Gasteiger partial charge in [-0.05, 0) is 18.9 Å². The maximum absolute atomic E-state index is 9.57. The molecule has 1 N–H and O–H groups in total. The molecule has 0 bridgehead atoms. The van der Waals surface area contributed by atoms with Crippen LogP contribution in [0.15, 0.2) is 28.7 Å². The lowest BCUT2D eigenvalue weighted by atomic mass is 10.1. The summed E-state index contributed by atoms with van der Waals surface area (Å²) in [5.41, 5.74) is 1.42. The topological polar surface area (TPSA) is 33.4 Å². The number of rotatable bonds is 1. The predicted octanol–water partition coefficient (Wildman–Crippen LogP) is 2.47. The molecule has 2 nitrogen and oxygen atoms in total. The molecule has 0 spiro atoms. The van der Waals surface area contributed by atoms with Crippen molar-refractivity contribution in [2.45, 2.75) is 13.0 Å². The fraction of sp³-hybridized carbons (Fsp3) is 0.167. The molecule has 0 amide bonds. The van der Waals surface area contributed by atoms with Gasteiger partial charge in [0.2, 0.25) is 0 Å². The van der Waals surface area contributed by atoms with E-state index in [1.807, 2.05) is 24.3 Å². The van der Waals surface area contributed by atoms with Crippen molar-refractivity contribution in [3.63, 3.8) is 0 Å². The first-order chi connectivity index (χ1) is 6.74. The summed E-state index contributed by atoms with van der Waals surface area (Å²) >= 11 is 0. The molecule has 1 unspecified atom stereocenters. The van der Waals surface area contributed by atoms with E-state index < -0.39 is 6.10 Å². The zero-order chi connectivity index (χ0) is 10.1. The fourth-order valence-electron chi connectivity index (χ4n) is 1.59. The van der Waals surface area contributed by atoms with Gasteiger partial charge < -0.3 is 9.52 Å². The van der Waals surface area contributed by atoms with Crippen LogP contribution in [0.5, 0.6) is 0 Å². The lowest BCUT2D eigenvalue weighted by Gasteiger charge is -2.00. The van der Waals surface area contributed by atoms with Gasteiger partial charge in [-0.2, -0.15) is 0 Å². The molecule has 1 heterocycles. The van der Waals surface area contributed by atoms with Crippen LogP contribution in [0.3, 0.4) is 0 Å². The first-order valence-electron chi connectivity index (χ1n) is 4.40. The Morgan fingerprint density at radius 1 is 1.43 bits per heavy atom. The normalized spacial score (nSPS) is 12.6. The Morgan fingerprint density at radius 3 is 2.79 bits per heavy atom. The molecule has 0 radical (unpaired) electrons. The summed E-state index contributed by atoms with van der Waals surface area (Å²) in [6.07, 6.45) is 4.69. The van der Waals surface area contributed by atoms with Crippen LogP contribution < -0.4 is 0 Å². The van der Waals surface area contributed by atoms with Gasteiger partial charge in [-0.25, -0.2) is 0 Å². The number of benzene rings is 1. The van der Waals surface area contributed by atoms with Crippen molar-refractivity contribution >= 4 is 11.0 Å². The van der Waals surface area contributed by atoms with E-state index in [0.717, 1.165) is 11.0 Å². The Kier molecular flexibility index (Phi) is 2.03. The number of hydrogen-bond acceptors (Lipinski definition) is 2. The van der Waals surface area contributed by atoms with E-state index in [-0.39, 0.29) is 0 Å². The van der Waals surface area contributed by atoms with E-state index in [9.17, 15) is 5.11 Å². The summed E-state index contributed by atoms with van der Waals surface area (Å²) in [5.74, 6) is 2.86. The van der Waals surface area contributed by atoms with Crippen LogP contribution in [0.25, 0.3) is 11.0 Å². The van der Waals surface area contributed by atoms with Crippen LogP contribution in [0, 0.1) is 12.3 Å². The highest BCUT2D eigenvalue weighted by Gasteiger charge is 2.15. The maximum Gasteiger partial charge on any atom is 0.183 e. The summed E-state index contributed by atoms with van der Waals surface area (Å²) in [6.45, 7) is 1.68. The van der Waals surface area contributed by atoms with Crippen molar-refractivity contribution in [2.75, 3.05) is 0 Å². The number of hydrogen-bond donors (Lipinski definition) is 1. The van der Waals surface area contributed by atoms with Crippen LogP contribution >= 0.6 is 0 Å². The molecule has 0 saturated heterocycles. The summed E-state index contributed by atoms with van der Waals surface area (Å²) < 4.78 is 5.41. The minimum atomic E-state index is -0.607. The standard InChI is InChI=1S/C12H10O2/c1-3-10-12(8(2)13)9-6-4-5-7-11(9)14-10/h1,4-8,13H,2H3. The average Bonchev–Trinajstić information content (AvgIpc) is 2.55. The molecular formula is C12H10O2. The van der Waals surface area contributed by atoms with Gasteiger partial charge in [0.25, 0.3) is 0 Å². The fourth-order valence-corrected chi connectivity index (χ4v) is 1.59. The van der Waals surface area contributed by atoms with Gasteiger partial charge in [0.15, 0.2) is 5.76 Å². The molecule has 0 aliphatic heterocycles. The Morgan fingerprint density at radius 2 is 2.14 bits per heavy atom. The molecule has 0 aliphatic rings. The molecule has 14 heavy (non-hydrogen) atoms. The van der Waals surface area contributed by atoms with Crippen molar-refractivity contribution in [3.8, 4) is 12.3 Å². The van der Waals surface area contributed by atoms with Gasteiger partial charge in [0.05, 0.1) is 6.10 Å². The number of furan rings is 1. The number of fused-ring (bicyclic) bond motifs is 1. The molecule has 70 valence electrons. The third-order valence-electron chi connectivity index (χ3n) is 2.18. The molecule has 0 aliphatic carbocycles. The van der Waals surface area contributed by atoms with Gasteiger partial charge in [-0.15, -0.1) is 6.42 Å². The SMILES string of the molecule is C#Cc1oc2ccccc2c1C(C)O. The summed E-state index contributed by atoms with van der Waals surface area (Å²) in [5, 5.41) is 10.5. The summed E-state index contributed by atoms with van der Waals surface area (Å²) in [7, 11) is 0. The second kappa shape index (κ2) is 3.21. The Balaban J connectivity index is 2.83. The third kappa shape index (κ3) is 1.19.